The molecule has 1 amide bonds. The molecule has 8 nitrogen and oxygen atoms in total. The molecule has 26 heavy (non-hydrogen) atoms. The molecule has 0 saturated carbocycles. The minimum absolute atomic E-state index is 0.00675. The third-order valence-electron chi connectivity index (χ3n) is 3.62. The fraction of sp³-hybridized carbons (Fsp3) is 0.333. The summed E-state index contributed by atoms with van der Waals surface area (Å²) in [5, 5.41) is 3.10. The lowest BCUT2D eigenvalue weighted by Crippen LogP contribution is -2.47. The predicted octanol–water partition coefficient (Wildman–Crippen LogP) is 2.40. The monoisotopic (exact) mass is 411 g/mol. The maximum absolute atomic E-state index is 12.9. The van der Waals surface area contributed by atoms with Crippen LogP contribution in [0.2, 0.25) is 0 Å². The Morgan fingerprint density at radius 1 is 1.23 bits per heavy atom. The van der Waals surface area contributed by atoms with E-state index in [0.717, 1.165) is 16.6 Å². The van der Waals surface area contributed by atoms with Crippen molar-refractivity contribution in [3.63, 3.8) is 0 Å². The Kier molecular flexibility index (Phi) is 5.32. The van der Waals surface area contributed by atoms with E-state index in [4.69, 9.17) is 0 Å². The van der Waals surface area contributed by atoms with E-state index in [1.165, 1.54) is 17.4 Å². The van der Waals surface area contributed by atoms with Crippen molar-refractivity contribution in [3.8, 4) is 0 Å². The molecule has 0 spiro atoms. The van der Waals surface area contributed by atoms with Gasteiger partial charge in [-0.05, 0) is 25.0 Å². The zero-order chi connectivity index (χ0) is 18.9. The Labute approximate surface area is 159 Å². The zero-order valence-corrected chi connectivity index (χ0v) is 16.7. The van der Waals surface area contributed by atoms with Crippen LogP contribution >= 0.6 is 23.1 Å². The first-order chi connectivity index (χ1) is 12.3. The average molecular weight is 412 g/mol. The first-order valence-electron chi connectivity index (χ1n) is 7.75. The standard InChI is InChI=1S/C15H17N5O3S3/c1-8(2)12(14(21)17-15-16-7-9(3)24-15)20-26(22,23)11-6-4-5-10-13(11)19-25-18-10/h4-8,12,20H,1-3H3,(H,16,17,21)/t12-/m0/s1. The second kappa shape index (κ2) is 7.35. The summed E-state index contributed by atoms with van der Waals surface area (Å²) in [6.45, 7) is 5.41. The molecule has 0 bridgehead atoms. The fourth-order valence-electron chi connectivity index (χ4n) is 2.32. The van der Waals surface area contributed by atoms with Crippen molar-refractivity contribution in [2.24, 2.45) is 5.92 Å². The van der Waals surface area contributed by atoms with Gasteiger partial charge < -0.3 is 5.32 Å². The van der Waals surface area contributed by atoms with Gasteiger partial charge >= 0.3 is 0 Å². The van der Waals surface area contributed by atoms with E-state index in [1.807, 2.05) is 6.92 Å². The number of benzene rings is 1. The molecule has 0 fully saturated rings. The van der Waals surface area contributed by atoms with E-state index >= 15 is 0 Å². The highest BCUT2D eigenvalue weighted by Gasteiger charge is 2.30. The third-order valence-corrected chi connectivity index (χ3v) is 6.46. The number of hydrogen-bond donors (Lipinski definition) is 2. The lowest BCUT2D eigenvalue weighted by molar-refractivity contribution is -0.118. The maximum Gasteiger partial charge on any atom is 0.244 e. The van der Waals surface area contributed by atoms with Gasteiger partial charge in [-0.3, -0.25) is 4.79 Å². The first-order valence-corrected chi connectivity index (χ1v) is 10.8. The quantitative estimate of drug-likeness (QED) is 0.644. The van der Waals surface area contributed by atoms with Crippen LogP contribution in [0.15, 0.2) is 29.3 Å². The van der Waals surface area contributed by atoms with Crippen LogP contribution in [0.5, 0.6) is 0 Å². The van der Waals surface area contributed by atoms with Crippen molar-refractivity contribution in [2.75, 3.05) is 5.32 Å². The van der Waals surface area contributed by atoms with Crippen molar-refractivity contribution in [1.82, 2.24) is 18.5 Å². The number of hydrogen-bond acceptors (Lipinski definition) is 8. The Hall–Kier alpha value is -1.95. The van der Waals surface area contributed by atoms with Crippen LogP contribution in [0.4, 0.5) is 5.13 Å². The van der Waals surface area contributed by atoms with Crippen LogP contribution < -0.4 is 10.0 Å². The van der Waals surface area contributed by atoms with Gasteiger partial charge in [-0.25, -0.2) is 13.4 Å². The summed E-state index contributed by atoms with van der Waals surface area (Å²) in [7, 11) is -3.96. The third kappa shape index (κ3) is 3.90. The molecule has 1 atom stereocenters. The molecular formula is C15H17N5O3S3. The highest BCUT2D eigenvalue weighted by atomic mass is 32.2. The highest BCUT2D eigenvalue weighted by molar-refractivity contribution is 7.89. The minimum atomic E-state index is -3.96. The summed E-state index contributed by atoms with van der Waals surface area (Å²) in [6.07, 6.45) is 1.64. The molecule has 1 aromatic carbocycles. The number of thiazole rings is 1. The van der Waals surface area contributed by atoms with Crippen LogP contribution in [0.25, 0.3) is 11.0 Å². The SMILES string of the molecule is Cc1cnc(NC(=O)[C@@H](NS(=O)(=O)c2cccc3nsnc23)C(C)C)s1. The summed E-state index contributed by atoms with van der Waals surface area (Å²) < 4.78 is 36.3. The topological polar surface area (TPSA) is 114 Å². The van der Waals surface area contributed by atoms with Gasteiger partial charge in [-0.1, -0.05) is 19.9 Å². The number of amides is 1. The van der Waals surface area contributed by atoms with Crippen molar-refractivity contribution in [2.45, 2.75) is 31.7 Å². The smallest absolute Gasteiger partial charge is 0.244 e. The van der Waals surface area contributed by atoms with Gasteiger partial charge in [0.2, 0.25) is 15.9 Å². The Morgan fingerprint density at radius 3 is 2.65 bits per heavy atom. The van der Waals surface area contributed by atoms with Crippen LogP contribution in [-0.4, -0.2) is 34.1 Å². The molecule has 2 heterocycles. The van der Waals surface area contributed by atoms with Gasteiger partial charge in [0.05, 0.1) is 11.7 Å². The number of aryl methyl sites for hydroxylation is 1. The Bertz CT molecular complexity index is 1040. The van der Waals surface area contributed by atoms with Crippen LogP contribution in [0.3, 0.4) is 0 Å². The van der Waals surface area contributed by atoms with Crippen molar-refractivity contribution in [3.05, 3.63) is 29.3 Å². The zero-order valence-electron chi connectivity index (χ0n) is 14.3. The van der Waals surface area contributed by atoms with Gasteiger partial charge in [0.25, 0.3) is 0 Å². The van der Waals surface area contributed by atoms with Crippen LogP contribution in [-0.2, 0) is 14.8 Å². The number of nitrogens with one attached hydrogen (secondary N) is 2. The van der Waals surface area contributed by atoms with E-state index < -0.39 is 22.0 Å². The summed E-state index contributed by atoms with van der Waals surface area (Å²) in [6, 6.07) is 3.79. The van der Waals surface area contributed by atoms with E-state index in [0.29, 0.717) is 16.2 Å². The predicted molar refractivity (Wildman–Crippen MR) is 102 cm³/mol. The maximum atomic E-state index is 12.9. The molecule has 3 aromatic rings. The first kappa shape index (κ1) is 18.8. The van der Waals surface area contributed by atoms with Crippen molar-refractivity contribution in [1.29, 1.82) is 0 Å². The number of anilines is 1. The second-order valence-electron chi connectivity index (χ2n) is 6.00. The molecule has 0 aliphatic rings. The fourth-order valence-corrected chi connectivity index (χ4v) is 5.09. The number of aromatic nitrogens is 3. The van der Waals surface area contributed by atoms with E-state index in [9.17, 15) is 13.2 Å². The van der Waals surface area contributed by atoms with Gasteiger partial charge in [0.1, 0.15) is 22.0 Å². The molecule has 0 unspecified atom stereocenters. The number of fused-ring (bicyclic) bond motifs is 1. The molecule has 3 rings (SSSR count). The molecule has 0 aliphatic heterocycles. The summed E-state index contributed by atoms with van der Waals surface area (Å²) >= 11 is 2.27. The van der Waals surface area contributed by atoms with Gasteiger partial charge in [0, 0.05) is 11.1 Å². The number of nitrogens with zero attached hydrogens (tertiary/aromatic N) is 3. The number of carbonyl (C=O) groups excluding carboxylic acids is 1. The van der Waals surface area contributed by atoms with E-state index in [-0.39, 0.29) is 10.8 Å². The second-order valence-corrected chi connectivity index (χ2v) is 9.44. The Morgan fingerprint density at radius 2 is 2.00 bits per heavy atom. The van der Waals surface area contributed by atoms with E-state index in [1.54, 1.807) is 32.2 Å². The molecule has 0 aliphatic carbocycles. The molecule has 2 aromatic heterocycles. The Balaban J connectivity index is 1.87. The number of rotatable bonds is 6. The van der Waals surface area contributed by atoms with Crippen molar-refractivity contribution < 1.29 is 13.2 Å². The van der Waals surface area contributed by atoms with Crippen LogP contribution in [0, 0.1) is 12.8 Å². The largest absolute Gasteiger partial charge is 0.301 e. The molecule has 2 N–H and O–H groups in total. The summed E-state index contributed by atoms with van der Waals surface area (Å²) in [5.41, 5.74) is 0.796. The normalized spacial score (nSPS) is 13.2. The molecule has 0 radical (unpaired) electrons. The summed E-state index contributed by atoms with van der Waals surface area (Å²) in [4.78, 5) is 17.6. The molecule has 138 valence electrons. The van der Waals surface area contributed by atoms with Crippen LogP contribution in [0.1, 0.15) is 18.7 Å². The molecule has 0 saturated heterocycles. The van der Waals surface area contributed by atoms with Gasteiger partial charge in [-0.2, -0.15) is 13.5 Å². The van der Waals surface area contributed by atoms with Crippen molar-refractivity contribution >= 4 is 55.2 Å². The van der Waals surface area contributed by atoms with Gasteiger partial charge in [0.15, 0.2) is 5.13 Å². The highest BCUT2D eigenvalue weighted by Crippen LogP contribution is 2.22. The number of sulfonamides is 1. The van der Waals surface area contributed by atoms with Gasteiger partial charge in [-0.15, -0.1) is 11.3 Å². The lowest BCUT2D eigenvalue weighted by Gasteiger charge is -2.21. The average Bonchev–Trinajstić information content (AvgIpc) is 3.20. The van der Waals surface area contributed by atoms with E-state index in [2.05, 4.69) is 23.8 Å². The summed E-state index contributed by atoms with van der Waals surface area (Å²) in [5.74, 6) is -0.722. The number of carbonyl (C=O) groups is 1. The minimum Gasteiger partial charge on any atom is -0.301 e. The molecule has 11 heteroatoms. The lowest BCUT2D eigenvalue weighted by atomic mass is 10.1. The molecular weight excluding hydrogens is 394 g/mol.